The van der Waals surface area contributed by atoms with Gasteiger partial charge in [-0.1, -0.05) is 32.0 Å². The van der Waals surface area contributed by atoms with Gasteiger partial charge < -0.3 is 19.1 Å². The standard InChI is InChI=1S/C28H35N5O2/c1-20(2)27-30-25(19-35-27)21-8-10-24(11-9-21)33-13-5-7-23(28(33)34)18-22-6-4-12-29-26(22)32-16-14-31(3)15-17-32/h4,6,8-12,19-20,23H,5,7,13-18H2,1-3H3. The minimum absolute atomic E-state index is 0.0250. The Morgan fingerprint density at radius 1 is 1.06 bits per heavy atom. The Balaban J connectivity index is 1.30. The first-order valence-corrected chi connectivity index (χ1v) is 12.7. The molecule has 7 nitrogen and oxygen atoms in total. The van der Waals surface area contributed by atoms with Crippen LogP contribution >= 0.6 is 0 Å². The monoisotopic (exact) mass is 473 g/mol. The number of amides is 1. The van der Waals surface area contributed by atoms with Crippen LogP contribution < -0.4 is 9.80 Å². The first-order chi connectivity index (χ1) is 17.0. The van der Waals surface area contributed by atoms with Gasteiger partial charge in [-0.05, 0) is 50.1 Å². The predicted molar refractivity (Wildman–Crippen MR) is 139 cm³/mol. The molecule has 2 aliphatic heterocycles. The Hall–Kier alpha value is -3.19. The predicted octanol–water partition coefficient (Wildman–Crippen LogP) is 4.60. The summed E-state index contributed by atoms with van der Waals surface area (Å²) in [6.07, 6.45) is 6.23. The van der Waals surface area contributed by atoms with Crippen molar-refractivity contribution in [3.63, 3.8) is 0 Å². The normalized spacial score (nSPS) is 19.5. The number of pyridine rings is 1. The SMILES string of the molecule is CC(C)c1nc(-c2ccc(N3CCCC(Cc4cccnc4N4CCN(C)CC4)C3=O)cc2)co1. The number of carbonyl (C=O) groups excluding carboxylic acids is 1. The van der Waals surface area contributed by atoms with Crippen LogP contribution in [0.25, 0.3) is 11.3 Å². The molecule has 0 saturated carbocycles. The number of piperidine rings is 1. The molecule has 0 spiro atoms. The number of piperazine rings is 1. The van der Waals surface area contributed by atoms with Crippen LogP contribution in [0.3, 0.4) is 0 Å². The van der Waals surface area contributed by atoms with Crippen molar-refractivity contribution in [1.82, 2.24) is 14.9 Å². The number of benzene rings is 1. The number of carbonyl (C=O) groups is 1. The van der Waals surface area contributed by atoms with Crippen LogP contribution in [-0.2, 0) is 11.2 Å². The maximum Gasteiger partial charge on any atom is 0.230 e. The summed E-state index contributed by atoms with van der Waals surface area (Å²) < 4.78 is 5.59. The molecule has 1 unspecified atom stereocenters. The third-order valence-corrected chi connectivity index (χ3v) is 7.18. The fourth-order valence-electron chi connectivity index (χ4n) is 5.05. The van der Waals surface area contributed by atoms with E-state index in [-0.39, 0.29) is 17.7 Å². The van der Waals surface area contributed by atoms with E-state index in [9.17, 15) is 4.79 Å². The zero-order valence-corrected chi connectivity index (χ0v) is 21.0. The van der Waals surface area contributed by atoms with E-state index in [1.807, 2.05) is 41.4 Å². The van der Waals surface area contributed by atoms with E-state index in [1.54, 1.807) is 6.26 Å². The van der Waals surface area contributed by atoms with E-state index in [0.29, 0.717) is 0 Å². The highest BCUT2D eigenvalue weighted by Crippen LogP contribution is 2.31. The minimum atomic E-state index is -0.0250. The lowest BCUT2D eigenvalue weighted by Crippen LogP contribution is -2.45. The first kappa shape index (κ1) is 23.5. The molecule has 0 aliphatic carbocycles. The average molecular weight is 474 g/mol. The van der Waals surface area contributed by atoms with Gasteiger partial charge in [0.25, 0.3) is 0 Å². The van der Waals surface area contributed by atoms with Gasteiger partial charge in [-0.15, -0.1) is 0 Å². The van der Waals surface area contributed by atoms with Gasteiger partial charge in [-0.2, -0.15) is 0 Å². The summed E-state index contributed by atoms with van der Waals surface area (Å²) >= 11 is 0. The van der Waals surface area contributed by atoms with Gasteiger partial charge in [0, 0.05) is 62.0 Å². The van der Waals surface area contributed by atoms with Crippen LogP contribution in [0.5, 0.6) is 0 Å². The summed E-state index contributed by atoms with van der Waals surface area (Å²) in [5.74, 6) is 2.22. The number of hydrogen-bond acceptors (Lipinski definition) is 6. The molecule has 2 aromatic heterocycles. The molecule has 1 atom stereocenters. The Morgan fingerprint density at radius 3 is 2.54 bits per heavy atom. The van der Waals surface area contributed by atoms with Crippen LogP contribution in [0.15, 0.2) is 53.3 Å². The molecule has 2 fully saturated rings. The van der Waals surface area contributed by atoms with Crippen LogP contribution in [0.2, 0.25) is 0 Å². The van der Waals surface area contributed by atoms with Crippen molar-refractivity contribution in [3.05, 3.63) is 60.3 Å². The molecule has 5 rings (SSSR count). The van der Waals surface area contributed by atoms with Crippen LogP contribution in [-0.4, -0.2) is 60.5 Å². The second-order valence-corrected chi connectivity index (χ2v) is 10.1. The van der Waals surface area contributed by atoms with Gasteiger partial charge in [-0.25, -0.2) is 9.97 Å². The van der Waals surface area contributed by atoms with Crippen molar-refractivity contribution < 1.29 is 9.21 Å². The lowest BCUT2D eigenvalue weighted by atomic mass is 9.90. The zero-order valence-electron chi connectivity index (χ0n) is 21.0. The van der Waals surface area contributed by atoms with E-state index < -0.39 is 0 Å². The van der Waals surface area contributed by atoms with Gasteiger partial charge in [0.15, 0.2) is 5.89 Å². The van der Waals surface area contributed by atoms with Gasteiger partial charge in [0.05, 0.1) is 0 Å². The van der Waals surface area contributed by atoms with Gasteiger partial charge in [0.2, 0.25) is 5.91 Å². The summed E-state index contributed by atoms with van der Waals surface area (Å²) in [5.41, 5.74) is 3.95. The molecule has 0 bridgehead atoms. The number of aromatic nitrogens is 2. The molecule has 7 heteroatoms. The van der Waals surface area contributed by atoms with Crippen molar-refractivity contribution in [2.24, 2.45) is 5.92 Å². The van der Waals surface area contributed by atoms with E-state index in [0.717, 1.165) is 80.6 Å². The molecule has 4 heterocycles. The molecule has 1 amide bonds. The van der Waals surface area contributed by atoms with Crippen LogP contribution in [0.4, 0.5) is 11.5 Å². The van der Waals surface area contributed by atoms with Gasteiger partial charge in [-0.3, -0.25) is 4.79 Å². The molecule has 1 aromatic carbocycles. The third-order valence-electron chi connectivity index (χ3n) is 7.18. The zero-order chi connectivity index (χ0) is 24.4. The largest absolute Gasteiger partial charge is 0.448 e. The Bertz CT molecular complexity index is 1150. The smallest absolute Gasteiger partial charge is 0.230 e. The third kappa shape index (κ3) is 5.10. The van der Waals surface area contributed by atoms with E-state index in [1.165, 1.54) is 5.56 Å². The summed E-state index contributed by atoms with van der Waals surface area (Å²) in [6.45, 7) is 8.91. The molecule has 2 saturated heterocycles. The van der Waals surface area contributed by atoms with E-state index in [4.69, 9.17) is 9.40 Å². The molecule has 184 valence electrons. The summed E-state index contributed by atoms with van der Waals surface area (Å²) in [6, 6.07) is 12.2. The summed E-state index contributed by atoms with van der Waals surface area (Å²) in [4.78, 5) is 29.5. The van der Waals surface area contributed by atoms with Gasteiger partial charge >= 0.3 is 0 Å². The second kappa shape index (κ2) is 10.2. The Morgan fingerprint density at radius 2 is 1.83 bits per heavy atom. The summed E-state index contributed by atoms with van der Waals surface area (Å²) in [7, 11) is 2.16. The van der Waals surface area contributed by atoms with Crippen molar-refractivity contribution in [2.75, 3.05) is 49.6 Å². The average Bonchev–Trinajstić information content (AvgIpc) is 3.37. The molecule has 0 radical (unpaired) electrons. The lowest BCUT2D eigenvalue weighted by molar-refractivity contribution is -0.123. The number of rotatable bonds is 6. The quantitative estimate of drug-likeness (QED) is 0.521. The number of anilines is 2. The van der Waals surface area contributed by atoms with Crippen LogP contribution in [0, 0.1) is 5.92 Å². The van der Waals surface area contributed by atoms with E-state index >= 15 is 0 Å². The fourth-order valence-corrected chi connectivity index (χ4v) is 5.05. The molecular weight excluding hydrogens is 438 g/mol. The number of oxazole rings is 1. The number of nitrogens with zero attached hydrogens (tertiary/aromatic N) is 5. The van der Waals surface area contributed by atoms with Crippen molar-refractivity contribution in [3.8, 4) is 11.3 Å². The topological polar surface area (TPSA) is 65.7 Å². The fraction of sp³-hybridized carbons (Fsp3) is 0.464. The lowest BCUT2D eigenvalue weighted by Gasteiger charge is -2.35. The Kier molecular flexibility index (Phi) is 6.86. The second-order valence-electron chi connectivity index (χ2n) is 10.1. The number of hydrogen-bond donors (Lipinski definition) is 0. The molecule has 0 N–H and O–H groups in total. The highest BCUT2D eigenvalue weighted by atomic mass is 16.3. The summed E-state index contributed by atoms with van der Waals surface area (Å²) in [5, 5.41) is 0. The molecule has 3 aromatic rings. The van der Waals surface area contributed by atoms with Crippen molar-refractivity contribution in [1.29, 1.82) is 0 Å². The van der Waals surface area contributed by atoms with Crippen molar-refractivity contribution in [2.45, 2.75) is 39.0 Å². The van der Waals surface area contributed by atoms with E-state index in [2.05, 4.69) is 41.7 Å². The van der Waals surface area contributed by atoms with Gasteiger partial charge in [0.1, 0.15) is 17.8 Å². The highest BCUT2D eigenvalue weighted by Gasteiger charge is 2.31. The van der Waals surface area contributed by atoms with Crippen LogP contribution in [0.1, 0.15) is 44.1 Å². The first-order valence-electron chi connectivity index (χ1n) is 12.7. The maximum atomic E-state index is 13.6. The molecule has 2 aliphatic rings. The molecular formula is C28H35N5O2. The maximum absolute atomic E-state index is 13.6. The van der Waals surface area contributed by atoms with Crippen molar-refractivity contribution >= 4 is 17.4 Å². The highest BCUT2D eigenvalue weighted by molar-refractivity contribution is 5.96. The molecule has 35 heavy (non-hydrogen) atoms. The number of likely N-dealkylation sites (N-methyl/N-ethyl adjacent to an activating group) is 1. The minimum Gasteiger partial charge on any atom is -0.448 e. The Labute approximate surface area is 207 Å².